The van der Waals surface area contributed by atoms with Crippen LogP contribution in [0.1, 0.15) is 52.4 Å². The van der Waals surface area contributed by atoms with E-state index in [1.54, 1.807) is 0 Å². The summed E-state index contributed by atoms with van der Waals surface area (Å²) in [6.07, 6.45) is 4.82. The lowest BCUT2D eigenvalue weighted by molar-refractivity contribution is -0.128. The summed E-state index contributed by atoms with van der Waals surface area (Å²) in [6, 6.07) is 0. The van der Waals surface area contributed by atoms with Crippen LogP contribution in [0.4, 0.5) is 0 Å². The molecule has 0 radical (unpaired) electrons. The third kappa shape index (κ3) is 6.25. The first-order valence-electron chi connectivity index (χ1n) is 6.71. The summed E-state index contributed by atoms with van der Waals surface area (Å²) >= 11 is 1.93. The Labute approximate surface area is 109 Å². The Morgan fingerprint density at radius 3 is 2.82 bits per heavy atom. The molecule has 1 unspecified atom stereocenters. The molecule has 0 N–H and O–H groups in total. The Morgan fingerprint density at radius 1 is 1.35 bits per heavy atom. The van der Waals surface area contributed by atoms with E-state index in [-0.39, 0.29) is 5.92 Å². The highest BCUT2D eigenvalue weighted by atomic mass is 32.2. The molecule has 98 valence electrons. The van der Waals surface area contributed by atoms with Gasteiger partial charge in [-0.05, 0) is 36.7 Å². The molecule has 1 aliphatic rings. The highest BCUT2D eigenvalue weighted by Crippen LogP contribution is 2.22. The van der Waals surface area contributed by atoms with Gasteiger partial charge in [0, 0.05) is 25.2 Å². The molecule has 0 aromatic rings. The van der Waals surface area contributed by atoms with Crippen molar-refractivity contribution in [1.29, 1.82) is 0 Å². The summed E-state index contributed by atoms with van der Waals surface area (Å²) in [5.41, 5.74) is 0. The summed E-state index contributed by atoms with van der Waals surface area (Å²) in [4.78, 5) is 23.8. The van der Waals surface area contributed by atoms with Gasteiger partial charge in [0.05, 0.1) is 0 Å². The summed E-state index contributed by atoms with van der Waals surface area (Å²) in [5, 5.41) is 0. The average Bonchev–Trinajstić information content (AvgIpc) is 2.25. The maximum Gasteiger partial charge on any atom is 0.136 e. The van der Waals surface area contributed by atoms with E-state index < -0.39 is 0 Å². The van der Waals surface area contributed by atoms with Gasteiger partial charge in [-0.15, -0.1) is 0 Å². The minimum Gasteiger partial charge on any atom is -0.300 e. The molecule has 0 aromatic heterocycles. The summed E-state index contributed by atoms with van der Waals surface area (Å²) < 4.78 is 0. The van der Waals surface area contributed by atoms with Crippen LogP contribution in [0.3, 0.4) is 0 Å². The van der Waals surface area contributed by atoms with Crippen molar-refractivity contribution in [2.75, 3.05) is 11.5 Å². The van der Waals surface area contributed by atoms with Crippen molar-refractivity contribution in [1.82, 2.24) is 0 Å². The predicted octanol–water partition coefficient (Wildman–Crippen LogP) is 3.48. The van der Waals surface area contributed by atoms with Crippen LogP contribution in [-0.4, -0.2) is 23.1 Å². The second-order valence-corrected chi connectivity index (χ2v) is 6.59. The van der Waals surface area contributed by atoms with E-state index in [2.05, 4.69) is 13.8 Å². The average molecular weight is 256 g/mol. The van der Waals surface area contributed by atoms with Gasteiger partial charge in [0.1, 0.15) is 11.6 Å². The summed E-state index contributed by atoms with van der Waals surface area (Å²) in [7, 11) is 0. The molecule has 2 nitrogen and oxygen atoms in total. The molecule has 1 atom stereocenters. The molecule has 0 amide bonds. The second kappa shape index (κ2) is 7.91. The number of carbonyl (C=O) groups excluding carboxylic acids is 2. The van der Waals surface area contributed by atoms with Crippen LogP contribution in [-0.2, 0) is 9.59 Å². The van der Waals surface area contributed by atoms with Crippen molar-refractivity contribution < 1.29 is 9.59 Å². The molecule has 1 fully saturated rings. The van der Waals surface area contributed by atoms with Crippen molar-refractivity contribution in [2.24, 2.45) is 11.8 Å². The molecular weight excluding hydrogens is 232 g/mol. The van der Waals surface area contributed by atoms with Crippen LogP contribution in [0.2, 0.25) is 0 Å². The summed E-state index contributed by atoms with van der Waals surface area (Å²) in [6.45, 7) is 4.13. The monoisotopic (exact) mass is 256 g/mol. The number of Topliss-reactive ketones (excluding diaryl/α,β-unsaturated/α-hetero) is 2. The molecule has 3 heteroatoms. The van der Waals surface area contributed by atoms with Crippen molar-refractivity contribution in [2.45, 2.75) is 52.4 Å². The van der Waals surface area contributed by atoms with E-state index in [4.69, 9.17) is 0 Å². The molecule has 1 aliphatic heterocycles. The Hall–Kier alpha value is -0.310. The molecular formula is C14H24O2S. The molecule has 1 rings (SSSR count). The third-order valence-electron chi connectivity index (χ3n) is 3.14. The topological polar surface area (TPSA) is 34.1 Å². The largest absolute Gasteiger partial charge is 0.300 e. The van der Waals surface area contributed by atoms with Crippen LogP contribution in [0.25, 0.3) is 0 Å². The van der Waals surface area contributed by atoms with Gasteiger partial charge >= 0.3 is 0 Å². The number of hydrogen-bond acceptors (Lipinski definition) is 3. The number of thioether (sulfide) groups is 1. The van der Waals surface area contributed by atoms with E-state index >= 15 is 0 Å². The summed E-state index contributed by atoms with van der Waals surface area (Å²) in [5.74, 6) is 3.16. The number of rotatable bonds is 3. The van der Waals surface area contributed by atoms with Crippen LogP contribution in [0.5, 0.6) is 0 Å². The first-order chi connectivity index (χ1) is 8.09. The zero-order valence-corrected chi connectivity index (χ0v) is 11.9. The highest BCUT2D eigenvalue weighted by molar-refractivity contribution is 7.99. The molecule has 0 bridgehead atoms. The molecule has 17 heavy (non-hydrogen) atoms. The lowest BCUT2D eigenvalue weighted by Crippen LogP contribution is -2.21. The standard InChI is InChI=1S/C14H24O2S/c1-11(2)9-14(16)12-6-8-17-7-4-3-5-13(15)10-12/h11-12H,3-10H2,1-2H3. The first-order valence-corrected chi connectivity index (χ1v) is 7.87. The second-order valence-electron chi connectivity index (χ2n) is 5.36. The van der Waals surface area contributed by atoms with Crippen LogP contribution < -0.4 is 0 Å². The van der Waals surface area contributed by atoms with Crippen molar-refractivity contribution >= 4 is 23.3 Å². The van der Waals surface area contributed by atoms with Gasteiger partial charge in [-0.3, -0.25) is 9.59 Å². The van der Waals surface area contributed by atoms with Crippen LogP contribution in [0, 0.1) is 11.8 Å². The van der Waals surface area contributed by atoms with Crippen molar-refractivity contribution in [3.63, 3.8) is 0 Å². The van der Waals surface area contributed by atoms with Gasteiger partial charge < -0.3 is 0 Å². The van der Waals surface area contributed by atoms with Gasteiger partial charge in [0.15, 0.2) is 0 Å². The number of ketones is 2. The lowest BCUT2D eigenvalue weighted by atomic mass is 9.89. The Kier molecular flexibility index (Phi) is 6.86. The zero-order chi connectivity index (χ0) is 12.7. The number of carbonyl (C=O) groups is 2. The fraction of sp³-hybridized carbons (Fsp3) is 0.857. The zero-order valence-electron chi connectivity index (χ0n) is 11.0. The maximum absolute atomic E-state index is 12.1. The lowest BCUT2D eigenvalue weighted by Gasteiger charge is -2.17. The Morgan fingerprint density at radius 2 is 2.12 bits per heavy atom. The Balaban J connectivity index is 2.52. The third-order valence-corrected chi connectivity index (χ3v) is 4.25. The van der Waals surface area contributed by atoms with E-state index in [9.17, 15) is 9.59 Å². The van der Waals surface area contributed by atoms with E-state index in [1.807, 2.05) is 11.8 Å². The highest BCUT2D eigenvalue weighted by Gasteiger charge is 2.22. The SMILES string of the molecule is CC(C)CC(=O)C1CCSCCCCC(=O)C1. The molecule has 1 heterocycles. The Bertz CT molecular complexity index is 261. The first kappa shape index (κ1) is 14.7. The molecule has 0 saturated carbocycles. The van der Waals surface area contributed by atoms with E-state index in [0.29, 0.717) is 36.7 Å². The fourth-order valence-corrected chi connectivity index (χ4v) is 3.24. The molecule has 0 aromatic carbocycles. The quantitative estimate of drug-likeness (QED) is 0.775. The normalized spacial score (nSPS) is 23.7. The number of hydrogen-bond donors (Lipinski definition) is 0. The van der Waals surface area contributed by atoms with Crippen molar-refractivity contribution in [3.05, 3.63) is 0 Å². The van der Waals surface area contributed by atoms with Crippen LogP contribution >= 0.6 is 11.8 Å². The van der Waals surface area contributed by atoms with E-state index in [0.717, 1.165) is 30.8 Å². The molecule has 0 spiro atoms. The fourth-order valence-electron chi connectivity index (χ4n) is 2.18. The molecule has 0 aliphatic carbocycles. The van der Waals surface area contributed by atoms with E-state index in [1.165, 1.54) is 0 Å². The van der Waals surface area contributed by atoms with Gasteiger partial charge in [-0.2, -0.15) is 11.8 Å². The molecule has 1 saturated heterocycles. The van der Waals surface area contributed by atoms with Gasteiger partial charge in [-0.1, -0.05) is 13.8 Å². The van der Waals surface area contributed by atoms with Crippen LogP contribution in [0.15, 0.2) is 0 Å². The maximum atomic E-state index is 12.1. The van der Waals surface area contributed by atoms with Crippen molar-refractivity contribution in [3.8, 4) is 0 Å². The predicted molar refractivity (Wildman–Crippen MR) is 73.4 cm³/mol. The minimum absolute atomic E-state index is 0.00417. The van der Waals surface area contributed by atoms with Gasteiger partial charge in [-0.25, -0.2) is 0 Å². The minimum atomic E-state index is -0.00417. The smallest absolute Gasteiger partial charge is 0.136 e. The van der Waals surface area contributed by atoms with Gasteiger partial charge in [0.2, 0.25) is 0 Å². The van der Waals surface area contributed by atoms with Gasteiger partial charge in [0.25, 0.3) is 0 Å².